The largest absolute Gasteiger partial charge is 1.00 e. The molecular weight excluding hydrogens is 410 g/mol. The average Bonchev–Trinajstić information content (AvgIpc) is 3.22. The zero-order chi connectivity index (χ0) is 18.3. The summed E-state index contributed by atoms with van der Waals surface area (Å²) in [7, 11) is 1.89. The first-order valence-electron chi connectivity index (χ1n) is 8.37. The second kappa shape index (κ2) is 7.44. The Hall–Kier alpha value is -2.80. The van der Waals surface area contributed by atoms with E-state index in [1.165, 1.54) is 5.56 Å². The zero-order valence-corrected chi connectivity index (χ0v) is 16.7. The molecule has 0 bridgehead atoms. The van der Waals surface area contributed by atoms with Crippen molar-refractivity contribution in [1.82, 2.24) is 4.57 Å². The molecule has 6 nitrogen and oxygen atoms in total. The van der Waals surface area contributed by atoms with Crippen LogP contribution in [0.1, 0.15) is 15.9 Å². The van der Waals surface area contributed by atoms with Crippen LogP contribution in [-0.4, -0.2) is 17.1 Å². The Morgan fingerprint density at radius 3 is 2.59 bits per heavy atom. The third kappa shape index (κ3) is 3.55. The van der Waals surface area contributed by atoms with E-state index >= 15 is 0 Å². The molecule has 1 aliphatic rings. The number of aromatic nitrogens is 2. The van der Waals surface area contributed by atoms with Crippen LogP contribution in [0.25, 0.3) is 11.3 Å². The van der Waals surface area contributed by atoms with Crippen molar-refractivity contribution in [2.75, 3.05) is 12.5 Å². The average molecular weight is 430 g/mol. The molecule has 2 N–H and O–H groups in total. The summed E-state index contributed by atoms with van der Waals surface area (Å²) in [6.45, 7) is 2.39. The first-order valence-corrected chi connectivity index (χ1v) is 8.37. The van der Waals surface area contributed by atoms with Gasteiger partial charge in [0, 0.05) is 11.1 Å². The molecule has 4 rings (SSSR count). The number of anilines is 1. The lowest BCUT2D eigenvalue weighted by Crippen LogP contribution is -3.00. The number of ether oxygens (including phenoxy) is 2. The maximum Gasteiger partial charge on any atom is 0.355 e. The van der Waals surface area contributed by atoms with Crippen molar-refractivity contribution < 1.29 is 35.8 Å². The number of halogens is 1. The lowest BCUT2D eigenvalue weighted by Gasteiger charge is -2.02. The number of nitrogens with two attached hydrogens (primary N) is 1. The van der Waals surface area contributed by atoms with Crippen molar-refractivity contribution in [2.24, 2.45) is 7.05 Å². The van der Waals surface area contributed by atoms with E-state index in [4.69, 9.17) is 15.2 Å². The number of fused-ring (bicyclic) bond motifs is 1. The van der Waals surface area contributed by atoms with Gasteiger partial charge >= 0.3 is 5.95 Å². The normalized spacial score (nSPS) is 11.9. The molecular formula is C20H20BrN3O3. The van der Waals surface area contributed by atoms with Crippen LogP contribution in [0, 0.1) is 6.92 Å². The van der Waals surface area contributed by atoms with Gasteiger partial charge in [-0.25, -0.2) is 9.13 Å². The lowest BCUT2D eigenvalue weighted by molar-refractivity contribution is -0.667. The molecule has 1 aromatic heterocycles. The molecule has 7 heteroatoms. The van der Waals surface area contributed by atoms with Crippen molar-refractivity contribution in [3.05, 3.63) is 59.8 Å². The molecule has 0 spiro atoms. The maximum absolute atomic E-state index is 12.7. The summed E-state index contributed by atoms with van der Waals surface area (Å²) < 4.78 is 14.3. The first kappa shape index (κ1) is 19.0. The Balaban J connectivity index is 0.00000210. The van der Waals surface area contributed by atoms with Crippen molar-refractivity contribution in [3.8, 4) is 22.8 Å². The summed E-state index contributed by atoms with van der Waals surface area (Å²) >= 11 is 0. The summed E-state index contributed by atoms with van der Waals surface area (Å²) in [5.74, 6) is 1.74. The maximum atomic E-state index is 12.7. The van der Waals surface area contributed by atoms with E-state index in [2.05, 4.69) is 12.1 Å². The number of nitrogen functional groups attached to an aromatic ring is 1. The highest BCUT2D eigenvalue weighted by molar-refractivity contribution is 5.95. The van der Waals surface area contributed by atoms with Gasteiger partial charge in [-0.1, -0.05) is 29.8 Å². The number of carbonyl (C=O) groups is 1. The number of nitrogens with zero attached hydrogens (tertiary/aromatic N) is 2. The number of Topliss-reactive ketones (excluding diaryl/α,β-unsaturated/α-hetero) is 1. The van der Waals surface area contributed by atoms with E-state index in [0.29, 0.717) is 23.0 Å². The van der Waals surface area contributed by atoms with Crippen LogP contribution in [-0.2, 0) is 13.6 Å². The highest BCUT2D eigenvalue weighted by Gasteiger charge is 2.22. The molecule has 0 radical (unpaired) electrons. The third-order valence-electron chi connectivity index (χ3n) is 4.63. The molecule has 0 atom stereocenters. The molecule has 1 aliphatic heterocycles. The van der Waals surface area contributed by atoms with Gasteiger partial charge in [0.25, 0.3) is 0 Å². The summed E-state index contributed by atoms with van der Waals surface area (Å²) in [6.07, 6.45) is 1.91. The third-order valence-corrected chi connectivity index (χ3v) is 4.63. The van der Waals surface area contributed by atoms with Crippen LogP contribution < -0.4 is 36.8 Å². The number of rotatable bonds is 4. The van der Waals surface area contributed by atoms with Gasteiger partial charge < -0.3 is 26.5 Å². The fourth-order valence-electron chi connectivity index (χ4n) is 3.05. The number of hydrogen-bond donors (Lipinski definition) is 1. The van der Waals surface area contributed by atoms with Gasteiger partial charge in [-0.3, -0.25) is 10.5 Å². The highest BCUT2D eigenvalue weighted by Crippen LogP contribution is 2.32. The van der Waals surface area contributed by atoms with Crippen molar-refractivity contribution in [2.45, 2.75) is 13.5 Å². The van der Waals surface area contributed by atoms with Crippen LogP contribution in [0.2, 0.25) is 0 Å². The topological polar surface area (TPSA) is 70.4 Å². The predicted molar refractivity (Wildman–Crippen MR) is 97.1 cm³/mol. The Morgan fingerprint density at radius 1 is 1.15 bits per heavy atom. The molecule has 0 unspecified atom stereocenters. The molecule has 27 heavy (non-hydrogen) atoms. The van der Waals surface area contributed by atoms with E-state index in [-0.39, 0.29) is 36.1 Å². The molecule has 2 heterocycles. The van der Waals surface area contributed by atoms with E-state index in [1.807, 2.05) is 36.9 Å². The monoisotopic (exact) mass is 429 g/mol. The number of hydrogen-bond acceptors (Lipinski definition) is 4. The number of imidazole rings is 1. The molecule has 2 aromatic carbocycles. The number of benzene rings is 2. The SMILES string of the molecule is Cc1ccc(-c2c[n+](CC(=O)c3ccc4c(c3)OCO4)c(N)n2C)cc1.[Br-]. The van der Waals surface area contributed by atoms with Crippen molar-refractivity contribution in [1.29, 1.82) is 0 Å². The minimum atomic E-state index is -0.0407. The van der Waals surface area contributed by atoms with Crippen molar-refractivity contribution >= 4 is 11.7 Å². The van der Waals surface area contributed by atoms with Gasteiger partial charge in [0.1, 0.15) is 18.4 Å². The van der Waals surface area contributed by atoms with Crippen LogP contribution in [0.5, 0.6) is 11.5 Å². The summed E-state index contributed by atoms with van der Waals surface area (Å²) in [6, 6.07) is 13.4. The lowest BCUT2D eigenvalue weighted by atomic mass is 10.1. The molecule has 0 saturated carbocycles. The van der Waals surface area contributed by atoms with Gasteiger partial charge in [0.2, 0.25) is 6.79 Å². The van der Waals surface area contributed by atoms with E-state index < -0.39 is 0 Å². The van der Waals surface area contributed by atoms with Crippen molar-refractivity contribution in [3.63, 3.8) is 0 Å². The van der Waals surface area contributed by atoms with Crippen LogP contribution in [0.15, 0.2) is 48.7 Å². The molecule has 0 aliphatic carbocycles. The minimum Gasteiger partial charge on any atom is -1.00 e. The van der Waals surface area contributed by atoms with Crippen LogP contribution >= 0.6 is 0 Å². The first-order chi connectivity index (χ1) is 12.5. The smallest absolute Gasteiger partial charge is 0.355 e. The van der Waals surface area contributed by atoms with Gasteiger partial charge in [0.15, 0.2) is 17.3 Å². The molecule has 0 amide bonds. The van der Waals surface area contributed by atoms with E-state index in [1.54, 1.807) is 22.8 Å². The predicted octanol–water partition coefficient (Wildman–Crippen LogP) is -0.514. The van der Waals surface area contributed by atoms with Gasteiger partial charge in [0.05, 0.1) is 7.05 Å². The zero-order valence-electron chi connectivity index (χ0n) is 15.1. The van der Waals surface area contributed by atoms with Gasteiger partial charge in [-0.15, -0.1) is 0 Å². The van der Waals surface area contributed by atoms with E-state index in [0.717, 1.165) is 11.3 Å². The Kier molecular flexibility index (Phi) is 5.23. The quantitative estimate of drug-likeness (QED) is 0.447. The number of ketones is 1. The Bertz CT molecular complexity index is 996. The molecule has 0 fully saturated rings. The summed E-state index contributed by atoms with van der Waals surface area (Å²) in [5, 5.41) is 0. The fourth-order valence-corrected chi connectivity index (χ4v) is 3.05. The second-order valence-electron chi connectivity index (χ2n) is 6.42. The number of carbonyl (C=O) groups excluding carboxylic acids is 1. The standard InChI is InChI=1S/C20H19N3O3.BrH/c1-13-3-5-14(6-4-13)16-10-23(20(21)22(16)2)11-17(24)15-7-8-18-19(9-15)26-12-25-18;/h3-10,21H,11-12H2,1-2H3;1H. The van der Waals surface area contributed by atoms with Crippen LogP contribution in [0.4, 0.5) is 5.95 Å². The van der Waals surface area contributed by atoms with Gasteiger partial charge in [-0.2, -0.15) is 0 Å². The fraction of sp³-hybridized carbons (Fsp3) is 0.200. The second-order valence-corrected chi connectivity index (χ2v) is 6.42. The minimum absolute atomic E-state index is 0. The van der Waals surface area contributed by atoms with E-state index in [9.17, 15) is 4.79 Å². The summed E-state index contributed by atoms with van der Waals surface area (Å²) in [4.78, 5) is 12.7. The molecule has 3 aromatic rings. The molecule has 0 saturated heterocycles. The Labute approximate surface area is 167 Å². The van der Waals surface area contributed by atoms with Gasteiger partial charge in [-0.05, 0) is 25.1 Å². The summed E-state index contributed by atoms with van der Waals surface area (Å²) in [5.41, 5.74) is 10.00. The van der Waals surface area contributed by atoms with Crippen LogP contribution in [0.3, 0.4) is 0 Å². The highest BCUT2D eigenvalue weighted by atomic mass is 79.9. The number of aryl methyl sites for hydroxylation is 1. The Morgan fingerprint density at radius 2 is 1.85 bits per heavy atom. The molecule has 140 valence electrons.